The van der Waals surface area contributed by atoms with E-state index in [9.17, 15) is 9.59 Å². The Labute approximate surface area is 189 Å². The molecule has 1 aliphatic heterocycles. The van der Waals surface area contributed by atoms with E-state index in [2.05, 4.69) is 6.92 Å². The summed E-state index contributed by atoms with van der Waals surface area (Å²) in [6, 6.07) is 23.3. The summed E-state index contributed by atoms with van der Waals surface area (Å²) in [6.07, 6.45) is 0.900. The predicted molar refractivity (Wildman–Crippen MR) is 131 cm³/mol. The average molecular weight is 425 g/mol. The summed E-state index contributed by atoms with van der Waals surface area (Å²) < 4.78 is 0. The van der Waals surface area contributed by atoms with Crippen LogP contribution in [0.5, 0.6) is 0 Å². The second-order valence-corrected chi connectivity index (χ2v) is 8.07. The zero-order valence-corrected chi connectivity index (χ0v) is 19.1. The second kappa shape index (κ2) is 8.83. The van der Waals surface area contributed by atoms with Crippen LogP contribution in [0, 0.1) is 13.8 Å². The van der Waals surface area contributed by atoms with E-state index in [4.69, 9.17) is 0 Å². The van der Waals surface area contributed by atoms with Crippen LogP contribution < -0.4 is 9.80 Å². The summed E-state index contributed by atoms with van der Waals surface area (Å²) in [6.45, 7) is 8.71. The van der Waals surface area contributed by atoms with Crippen molar-refractivity contribution in [1.29, 1.82) is 0 Å². The molecule has 0 atom stereocenters. The van der Waals surface area contributed by atoms with E-state index in [1.54, 1.807) is 0 Å². The molecule has 3 aromatic carbocycles. The monoisotopic (exact) mass is 424 g/mol. The molecule has 0 radical (unpaired) electrons. The topological polar surface area (TPSA) is 40.6 Å². The highest BCUT2D eigenvalue weighted by atomic mass is 16.2. The predicted octanol–water partition coefficient (Wildman–Crippen LogP) is 5.68. The first-order chi connectivity index (χ1) is 15.5. The van der Waals surface area contributed by atoms with Gasteiger partial charge in [0.05, 0.1) is 11.3 Å². The lowest BCUT2D eigenvalue weighted by Gasteiger charge is -2.25. The highest BCUT2D eigenvalue weighted by Crippen LogP contribution is 2.37. The normalized spacial score (nSPS) is 13.8. The van der Waals surface area contributed by atoms with Crippen molar-refractivity contribution in [3.8, 4) is 0 Å². The Kier molecular flexibility index (Phi) is 5.95. The van der Waals surface area contributed by atoms with E-state index in [0.717, 1.165) is 34.4 Å². The summed E-state index contributed by atoms with van der Waals surface area (Å²) in [5.74, 6) is -0.579. The number of hydrogen-bond donors (Lipinski definition) is 0. The fourth-order valence-electron chi connectivity index (χ4n) is 4.12. The number of benzene rings is 3. The van der Waals surface area contributed by atoms with Gasteiger partial charge in [-0.25, -0.2) is 4.90 Å². The molecule has 32 heavy (non-hydrogen) atoms. The molecule has 3 aromatic rings. The fraction of sp³-hybridized carbons (Fsp3) is 0.214. The molecule has 0 unspecified atom stereocenters. The summed E-state index contributed by atoms with van der Waals surface area (Å²) in [7, 11) is 0. The molecule has 0 saturated heterocycles. The maximum Gasteiger partial charge on any atom is 0.282 e. The molecule has 0 N–H and O–H groups in total. The van der Waals surface area contributed by atoms with Crippen molar-refractivity contribution in [2.75, 3.05) is 16.3 Å². The zero-order valence-electron chi connectivity index (χ0n) is 19.1. The maximum absolute atomic E-state index is 13.8. The molecule has 0 aliphatic carbocycles. The van der Waals surface area contributed by atoms with Crippen molar-refractivity contribution < 1.29 is 9.59 Å². The molecular formula is C28H28N2O2. The molecule has 4 nitrogen and oxygen atoms in total. The van der Waals surface area contributed by atoms with Crippen molar-refractivity contribution in [2.45, 2.75) is 34.1 Å². The standard InChI is InChI=1S/C28H28N2O2/c1-5-21-13-16-24(17-14-21)30-27(31)25(22-15-12-19(3)20(4)18-22)26(28(30)32)29(6-2)23-10-8-7-9-11-23/h7-18H,5-6H2,1-4H3. The number of imide groups is 1. The van der Waals surface area contributed by atoms with Crippen molar-refractivity contribution in [1.82, 2.24) is 0 Å². The molecule has 0 fully saturated rings. The van der Waals surface area contributed by atoms with Gasteiger partial charge >= 0.3 is 0 Å². The van der Waals surface area contributed by atoms with Crippen LogP contribution in [0.25, 0.3) is 5.57 Å². The van der Waals surface area contributed by atoms with Crippen LogP contribution in [0.15, 0.2) is 78.5 Å². The smallest absolute Gasteiger partial charge is 0.282 e. The zero-order chi connectivity index (χ0) is 22.8. The molecule has 0 saturated carbocycles. The van der Waals surface area contributed by atoms with E-state index in [1.807, 2.05) is 98.5 Å². The van der Waals surface area contributed by atoms with Crippen LogP contribution in [0.4, 0.5) is 11.4 Å². The molecular weight excluding hydrogens is 396 g/mol. The first kappa shape index (κ1) is 21.6. The second-order valence-electron chi connectivity index (χ2n) is 8.07. The van der Waals surface area contributed by atoms with Crippen LogP contribution in [0.2, 0.25) is 0 Å². The Morgan fingerprint density at radius 2 is 1.47 bits per heavy atom. The number of nitrogens with zero attached hydrogens (tertiary/aromatic N) is 2. The highest BCUT2D eigenvalue weighted by molar-refractivity contribution is 6.46. The Hall–Kier alpha value is -3.66. The number of amides is 2. The van der Waals surface area contributed by atoms with Gasteiger partial charge in [-0.3, -0.25) is 9.59 Å². The van der Waals surface area contributed by atoms with E-state index >= 15 is 0 Å². The van der Waals surface area contributed by atoms with Crippen molar-refractivity contribution in [2.24, 2.45) is 0 Å². The van der Waals surface area contributed by atoms with Gasteiger partial charge in [0.2, 0.25) is 0 Å². The Bertz CT molecular complexity index is 1190. The molecule has 0 aromatic heterocycles. The highest BCUT2D eigenvalue weighted by Gasteiger charge is 2.42. The van der Waals surface area contributed by atoms with Crippen LogP contribution in [0.1, 0.15) is 36.1 Å². The number of likely N-dealkylation sites (N-methyl/N-ethyl adjacent to an activating group) is 1. The van der Waals surface area contributed by atoms with E-state index in [1.165, 1.54) is 4.90 Å². The minimum Gasteiger partial charge on any atom is -0.337 e. The first-order valence-corrected chi connectivity index (χ1v) is 11.1. The first-order valence-electron chi connectivity index (χ1n) is 11.1. The lowest BCUT2D eigenvalue weighted by molar-refractivity contribution is -0.120. The number of aryl methyl sites for hydroxylation is 3. The molecule has 162 valence electrons. The summed E-state index contributed by atoms with van der Waals surface area (Å²) >= 11 is 0. The molecule has 4 rings (SSSR count). The maximum atomic E-state index is 13.8. The van der Waals surface area contributed by atoms with E-state index in [-0.39, 0.29) is 11.8 Å². The van der Waals surface area contributed by atoms with Gasteiger partial charge in [0.25, 0.3) is 11.8 Å². The number of hydrogen-bond acceptors (Lipinski definition) is 3. The van der Waals surface area contributed by atoms with Crippen molar-refractivity contribution >= 4 is 28.8 Å². The van der Waals surface area contributed by atoms with Crippen molar-refractivity contribution in [3.05, 3.63) is 101 Å². The third-order valence-corrected chi connectivity index (χ3v) is 6.11. The molecule has 1 aliphatic rings. The van der Waals surface area contributed by atoms with Gasteiger partial charge in [0.15, 0.2) is 0 Å². The quantitative estimate of drug-likeness (QED) is 0.478. The van der Waals surface area contributed by atoms with Gasteiger partial charge < -0.3 is 4.90 Å². The Morgan fingerprint density at radius 3 is 2.06 bits per heavy atom. The summed E-state index contributed by atoms with van der Waals surface area (Å²) in [5, 5.41) is 0. The molecule has 2 amide bonds. The number of carbonyl (C=O) groups excluding carboxylic acids is 2. The Balaban J connectivity index is 1.90. The SMILES string of the molecule is CCc1ccc(N2C(=O)C(c3ccc(C)c(C)c3)=C(N(CC)c3ccccc3)C2=O)cc1. The van der Waals surface area contributed by atoms with E-state index in [0.29, 0.717) is 23.5 Å². The van der Waals surface area contributed by atoms with Gasteiger partial charge in [0.1, 0.15) is 5.70 Å². The van der Waals surface area contributed by atoms with Gasteiger partial charge in [-0.05, 0) is 73.7 Å². The average Bonchev–Trinajstić information content (AvgIpc) is 3.07. The van der Waals surface area contributed by atoms with Gasteiger partial charge in [-0.15, -0.1) is 0 Å². The van der Waals surface area contributed by atoms with Crippen molar-refractivity contribution in [3.63, 3.8) is 0 Å². The molecule has 0 bridgehead atoms. The summed E-state index contributed by atoms with van der Waals surface area (Å²) in [5.41, 5.74) is 6.51. The minimum atomic E-state index is -0.293. The van der Waals surface area contributed by atoms with Crippen LogP contribution in [0.3, 0.4) is 0 Å². The molecule has 1 heterocycles. The number of para-hydroxylation sites is 1. The van der Waals surface area contributed by atoms with Gasteiger partial charge in [-0.1, -0.05) is 55.5 Å². The number of anilines is 2. The molecule has 0 spiro atoms. The number of carbonyl (C=O) groups is 2. The molecule has 4 heteroatoms. The third-order valence-electron chi connectivity index (χ3n) is 6.11. The van der Waals surface area contributed by atoms with Crippen LogP contribution in [-0.2, 0) is 16.0 Å². The number of rotatable bonds is 6. The third kappa shape index (κ3) is 3.73. The van der Waals surface area contributed by atoms with Gasteiger partial charge in [-0.2, -0.15) is 0 Å². The fourth-order valence-corrected chi connectivity index (χ4v) is 4.12. The van der Waals surface area contributed by atoms with Crippen LogP contribution >= 0.6 is 0 Å². The minimum absolute atomic E-state index is 0.285. The van der Waals surface area contributed by atoms with Gasteiger partial charge in [0, 0.05) is 12.2 Å². The lowest BCUT2D eigenvalue weighted by Crippen LogP contribution is -2.35. The lowest BCUT2D eigenvalue weighted by atomic mass is 9.99. The summed E-state index contributed by atoms with van der Waals surface area (Å²) in [4.78, 5) is 30.8. The van der Waals surface area contributed by atoms with Crippen LogP contribution in [-0.4, -0.2) is 18.4 Å². The Morgan fingerprint density at radius 1 is 0.781 bits per heavy atom. The van der Waals surface area contributed by atoms with E-state index < -0.39 is 0 Å². The largest absolute Gasteiger partial charge is 0.337 e.